The van der Waals surface area contributed by atoms with Gasteiger partial charge in [0.15, 0.2) is 5.78 Å². The molecular weight excluding hydrogens is 316 g/mol. The normalized spacial score (nSPS) is 19.1. The summed E-state index contributed by atoms with van der Waals surface area (Å²) < 4.78 is 6.94. The standard InChI is InChI=1S/C17H15BrO2/c1-11(12-5-3-2-4-6-12)17-10-15(19)14-9-13(18)7-8-16(14)20-17/h2-9,11,17H,10H2,1H3. The van der Waals surface area contributed by atoms with Gasteiger partial charge in [-0.1, -0.05) is 53.2 Å². The number of Topliss-reactive ketones (excluding diaryl/α,β-unsaturated/α-hetero) is 1. The van der Waals surface area contributed by atoms with E-state index >= 15 is 0 Å². The Balaban J connectivity index is 1.88. The number of halogens is 1. The molecule has 2 atom stereocenters. The van der Waals surface area contributed by atoms with Gasteiger partial charge in [-0.05, 0) is 23.8 Å². The summed E-state index contributed by atoms with van der Waals surface area (Å²) >= 11 is 3.39. The van der Waals surface area contributed by atoms with Crippen molar-refractivity contribution in [1.82, 2.24) is 0 Å². The smallest absolute Gasteiger partial charge is 0.170 e. The maximum atomic E-state index is 12.3. The van der Waals surface area contributed by atoms with Gasteiger partial charge in [-0.15, -0.1) is 0 Å². The Morgan fingerprint density at radius 2 is 1.95 bits per heavy atom. The van der Waals surface area contributed by atoms with Crippen LogP contribution in [0.1, 0.15) is 35.2 Å². The molecule has 20 heavy (non-hydrogen) atoms. The molecule has 2 nitrogen and oxygen atoms in total. The fourth-order valence-electron chi connectivity index (χ4n) is 2.57. The summed E-state index contributed by atoms with van der Waals surface area (Å²) in [5, 5.41) is 0. The fourth-order valence-corrected chi connectivity index (χ4v) is 2.93. The molecule has 0 aromatic heterocycles. The van der Waals surface area contributed by atoms with E-state index < -0.39 is 0 Å². The summed E-state index contributed by atoms with van der Waals surface area (Å²) in [6.45, 7) is 2.11. The van der Waals surface area contributed by atoms with Gasteiger partial charge in [0.05, 0.1) is 5.56 Å². The van der Waals surface area contributed by atoms with Gasteiger partial charge in [0.25, 0.3) is 0 Å². The molecule has 0 saturated heterocycles. The van der Waals surface area contributed by atoms with Gasteiger partial charge >= 0.3 is 0 Å². The first kappa shape index (κ1) is 13.4. The van der Waals surface area contributed by atoms with Crippen molar-refractivity contribution in [3.05, 3.63) is 64.1 Å². The monoisotopic (exact) mass is 330 g/mol. The molecule has 3 rings (SSSR count). The van der Waals surface area contributed by atoms with Crippen LogP contribution >= 0.6 is 15.9 Å². The van der Waals surface area contributed by atoms with Crippen molar-refractivity contribution in [3.8, 4) is 5.75 Å². The highest BCUT2D eigenvalue weighted by Gasteiger charge is 2.30. The quantitative estimate of drug-likeness (QED) is 0.805. The zero-order chi connectivity index (χ0) is 14.1. The average molecular weight is 331 g/mol. The lowest BCUT2D eigenvalue weighted by molar-refractivity contribution is 0.0817. The van der Waals surface area contributed by atoms with Crippen LogP contribution in [0.4, 0.5) is 0 Å². The van der Waals surface area contributed by atoms with Gasteiger partial charge in [-0.25, -0.2) is 0 Å². The number of hydrogen-bond acceptors (Lipinski definition) is 2. The molecule has 0 bridgehead atoms. The van der Waals surface area contributed by atoms with Crippen molar-refractivity contribution in [3.63, 3.8) is 0 Å². The zero-order valence-electron chi connectivity index (χ0n) is 11.2. The van der Waals surface area contributed by atoms with E-state index in [0.29, 0.717) is 17.7 Å². The van der Waals surface area contributed by atoms with Crippen LogP contribution in [0.15, 0.2) is 53.0 Å². The SMILES string of the molecule is CC(c1ccccc1)C1CC(=O)c2cc(Br)ccc2O1. The van der Waals surface area contributed by atoms with Crippen LogP contribution < -0.4 is 4.74 Å². The summed E-state index contributed by atoms with van der Waals surface area (Å²) in [6, 6.07) is 15.8. The molecule has 0 fully saturated rings. The average Bonchev–Trinajstić information content (AvgIpc) is 2.48. The van der Waals surface area contributed by atoms with Gasteiger partial charge in [-0.3, -0.25) is 4.79 Å². The van der Waals surface area contributed by atoms with Crippen LogP contribution in [0.3, 0.4) is 0 Å². The van der Waals surface area contributed by atoms with Crippen molar-refractivity contribution >= 4 is 21.7 Å². The Kier molecular flexibility index (Phi) is 3.62. The first-order valence-electron chi connectivity index (χ1n) is 6.69. The molecule has 0 spiro atoms. The highest BCUT2D eigenvalue weighted by atomic mass is 79.9. The number of fused-ring (bicyclic) bond motifs is 1. The predicted octanol–water partition coefficient (Wildman–Crippen LogP) is 4.59. The van der Waals surface area contributed by atoms with Gasteiger partial charge in [0.2, 0.25) is 0 Å². The van der Waals surface area contributed by atoms with Crippen LogP contribution in [0.5, 0.6) is 5.75 Å². The number of ketones is 1. The molecule has 2 unspecified atom stereocenters. The summed E-state index contributed by atoms with van der Waals surface area (Å²) in [5.74, 6) is 1.04. The van der Waals surface area contributed by atoms with Crippen molar-refractivity contribution in [2.45, 2.75) is 25.4 Å². The van der Waals surface area contributed by atoms with E-state index in [2.05, 4.69) is 35.0 Å². The zero-order valence-corrected chi connectivity index (χ0v) is 12.8. The molecule has 1 aliphatic rings. The first-order valence-corrected chi connectivity index (χ1v) is 7.49. The van der Waals surface area contributed by atoms with Crippen molar-refractivity contribution in [2.24, 2.45) is 0 Å². The van der Waals surface area contributed by atoms with E-state index in [-0.39, 0.29) is 17.8 Å². The maximum Gasteiger partial charge on any atom is 0.170 e. The molecule has 0 N–H and O–H groups in total. The molecule has 0 radical (unpaired) electrons. The minimum absolute atomic E-state index is 0.0985. The highest BCUT2D eigenvalue weighted by Crippen LogP contribution is 2.35. The Labute approximate surface area is 126 Å². The lowest BCUT2D eigenvalue weighted by atomic mass is 9.89. The van der Waals surface area contributed by atoms with Crippen molar-refractivity contribution in [2.75, 3.05) is 0 Å². The molecule has 1 heterocycles. The lowest BCUT2D eigenvalue weighted by Crippen LogP contribution is -2.31. The second-order valence-corrected chi connectivity index (χ2v) is 6.04. The first-order chi connectivity index (χ1) is 9.65. The van der Waals surface area contributed by atoms with E-state index in [0.717, 1.165) is 4.47 Å². The predicted molar refractivity (Wildman–Crippen MR) is 82.4 cm³/mol. The molecule has 1 aliphatic heterocycles. The number of benzene rings is 2. The Morgan fingerprint density at radius 3 is 2.70 bits per heavy atom. The number of hydrogen-bond donors (Lipinski definition) is 0. The molecule has 102 valence electrons. The molecule has 2 aromatic rings. The largest absolute Gasteiger partial charge is 0.489 e. The van der Waals surface area contributed by atoms with E-state index in [1.54, 1.807) is 0 Å². The molecular formula is C17H15BrO2. The van der Waals surface area contributed by atoms with Crippen LogP contribution in [0.25, 0.3) is 0 Å². The van der Waals surface area contributed by atoms with Crippen molar-refractivity contribution < 1.29 is 9.53 Å². The summed E-state index contributed by atoms with van der Waals surface area (Å²) in [6.07, 6.45) is 0.332. The molecule has 0 saturated carbocycles. The minimum Gasteiger partial charge on any atom is -0.489 e. The molecule has 2 aromatic carbocycles. The van der Waals surface area contributed by atoms with E-state index in [1.165, 1.54) is 5.56 Å². The summed E-state index contributed by atoms with van der Waals surface area (Å²) in [7, 11) is 0. The van der Waals surface area contributed by atoms with Crippen LogP contribution in [0, 0.1) is 0 Å². The number of carbonyl (C=O) groups excluding carboxylic acids is 1. The Morgan fingerprint density at radius 1 is 1.20 bits per heavy atom. The summed E-state index contributed by atoms with van der Waals surface area (Å²) in [4.78, 5) is 12.3. The minimum atomic E-state index is -0.0985. The van der Waals surface area contributed by atoms with Gasteiger partial charge in [-0.2, -0.15) is 0 Å². The third kappa shape index (κ3) is 2.50. The van der Waals surface area contributed by atoms with Crippen LogP contribution in [-0.4, -0.2) is 11.9 Å². The summed E-state index contributed by atoms with van der Waals surface area (Å²) in [5.41, 5.74) is 1.88. The van der Waals surface area contributed by atoms with Gasteiger partial charge < -0.3 is 4.74 Å². The number of carbonyl (C=O) groups is 1. The van der Waals surface area contributed by atoms with Gasteiger partial charge in [0.1, 0.15) is 11.9 Å². The Hall–Kier alpha value is -1.61. The number of ether oxygens (including phenoxy) is 1. The molecule has 0 aliphatic carbocycles. The van der Waals surface area contributed by atoms with Crippen LogP contribution in [-0.2, 0) is 0 Å². The fraction of sp³-hybridized carbons (Fsp3) is 0.235. The second-order valence-electron chi connectivity index (χ2n) is 5.12. The molecule has 3 heteroatoms. The van der Waals surface area contributed by atoms with Crippen LogP contribution in [0.2, 0.25) is 0 Å². The van der Waals surface area contributed by atoms with Crippen molar-refractivity contribution in [1.29, 1.82) is 0 Å². The van der Waals surface area contributed by atoms with E-state index in [9.17, 15) is 4.79 Å². The third-order valence-electron chi connectivity index (χ3n) is 3.79. The Bertz CT molecular complexity index is 637. The molecule has 0 amide bonds. The maximum absolute atomic E-state index is 12.3. The topological polar surface area (TPSA) is 26.3 Å². The number of rotatable bonds is 2. The van der Waals surface area contributed by atoms with E-state index in [1.807, 2.05) is 36.4 Å². The highest BCUT2D eigenvalue weighted by molar-refractivity contribution is 9.10. The lowest BCUT2D eigenvalue weighted by Gasteiger charge is -2.30. The second kappa shape index (κ2) is 5.41. The third-order valence-corrected chi connectivity index (χ3v) is 4.28. The van der Waals surface area contributed by atoms with E-state index in [4.69, 9.17) is 4.74 Å². The van der Waals surface area contributed by atoms with Gasteiger partial charge in [0, 0.05) is 16.8 Å².